The van der Waals surface area contributed by atoms with E-state index in [1.165, 1.54) is 12.1 Å². The van der Waals surface area contributed by atoms with E-state index >= 15 is 0 Å². The lowest BCUT2D eigenvalue weighted by Gasteiger charge is -2.11. The van der Waals surface area contributed by atoms with Gasteiger partial charge in [0.2, 0.25) is 0 Å². The second kappa shape index (κ2) is 8.44. The standard InChI is InChI=1S/C20H13Cl3N2O2/c21-13-6-8-15(16(22)10-13)20(27)25-18-9-7-14(11-17(18)23)24-19(26)12-4-2-1-3-5-12/h1-11H,(H,24,26)(H,25,27). The molecule has 0 atom stereocenters. The van der Waals surface area contributed by atoms with Crippen molar-refractivity contribution in [1.29, 1.82) is 0 Å². The van der Waals surface area contributed by atoms with Gasteiger partial charge < -0.3 is 10.6 Å². The van der Waals surface area contributed by atoms with Gasteiger partial charge in [-0.3, -0.25) is 9.59 Å². The van der Waals surface area contributed by atoms with Crippen molar-refractivity contribution in [3.63, 3.8) is 0 Å². The van der Waals surface area contributed by atoms with Crippen molar-refractivity contribution in [3.8, 4) is 0 Å². The second-order valence-corrected chi connectivity index (χ2v) is 6.84. The first-order valence-corrected chi connectivity index (χ1v) is 9.00. The molecule has 136 valence electrons. The van der Waals surface area contributed by atoms with Gasteiger partial charge in [-0.1, -0.05) is 53.0 Å². The smallest absolute Gasteiger partial charge is 0.257 e. The highest BCUT2D eigenvalue weighted by molar-refractivity contribution is 6.38. The van der Waals surface area contributed by atoms with Gasteiger partial charge in [0.25, 0.3) is 11.8 Å². The van der Waals surface area contributed by atoms with E-state index in [0.717, 1.165) is 0 Å². The summed E-state index contributed by atoms with van der Waals surface area (Å²) < 4.78 is 0. The summed E-state index contributed by atoms with van der Waals surface area (Å²) in [7, 11) is 0. The number of carbonyl (C=O) groups excluding carboxylic acids is 2. The van der Waals surface area contributed by atoms with Crippen molar-refractivity contribution in [2.24, 2.45) is 0 Å². The molecule has 0 unspecified atom stereocenters. The second-order valence-electron chi connectivity index (χ2n) is 5.59. The van der Waals surface area contributed by atoms with Gasteiger partial charge >= 0.3 is 0 Å². The average Bonchev–Trinajstić information content (AvgIpc) is 2.64. The maximum Gasteiger partial charge on any atom is 0.257 e. The van der Waals surface area contributed by atoms with Crippen molar-refractivity contribution < 1.29 is 9.59 Å². The molecule has 2 amide bonds. The molecule has 27 heavy (non-hydrogen) atoms. The Bertz CT molecular complexity index is 1010. The van der Waals surface area contributed by atoms with E-state index in [9.17, 15) is 9.59 Å². The van der Waals surface area contributed by atoms with Crippen LogP contribution in [0.4, 0.5) is 11.4 Å². The maximum absolute atomic E-state index is 12.4. The summed E-state index contributed by atoms with van der Waals surface area (Å²) >= 11 is 18.1. The summed E-state index contributed by atoms with van der Waals surface area (Å²) in [5.41, 5.74) is 1.71. The molecule has 3 aromatic rings. The monoisotopic (exact) mass is 418 g/mol. The fraction of sp³-hybridized carbons (Fsp3) is 0. The molecule has 0 aliphatic heterocycles. The first-order valence-electron chi connectivity index (χ1n) is 7.86. The highest BCUT2D eigenvalue weighted by atomic mass is 35.5. The van der Waals surface area contributed by atoms with Crippen LogP contribution < -0.4 is 10.6 Å². The maximum atomic E-state index is 12.4. The molecule has 7 heteroatoms. The van der Waals surface area contributed by atoms with Crippen LogP contribution in [0.2, 0.25) is 15.1 Å². The van der Waals surface area contributed by atoms with Crippen LogP contribution in [0.3, 0.4) is 0 Å². The van der Waals surface area contributed by atoms with E-state index in [1.807, 2.05) is 6.07 Å². The van der Waals surface area contributed by atoms with E-state index in [-0.39, 0.29) is 21.5 Å². The topological polar surface area (TPSA) is 58.2 Å². The Morgan fingerprint density at radius 2 is 1.44 bits per heavy atom. The zero-order valence-electron chi connectivity index (χ0n) is 13.8. The number of anilines is 2. The van der Waals surface area contributed by atoms with Crippen LogP contribution >= 0.6 is 34.8 Å². The van der Waals surface area contributed by atoms with Crippen LogP contribution in [-0.2, 0) is 0 Å². The Morgan fingerprint density at radius 3 is 2.11 bits per heavy atom. The van der Waals surface area contributed by atoms with Crippen LogP contribution in [0.15, 0.2) is 66.7 Å². The van der Waals surface area contributed by atoms with Gasteiger partial charge in [-0.25, -0.2) is 0 Å². The van der Waals surface area contributed by atoms with Gasteiger partial charge in [0, 0.05) is 16.3 Å². The van der Waals surface area contributed by atoms with Crippen molar-refractivity contribution in [1.82, 2.24) is 0 Å². The quantitative estimate of drug-likeness (QED) is 0.533. The Balaban J connectivity index is 1.73. The number of halogens is 3. The Hall–Kier alpha value is -2.53. The average molecular weight is 420 g/mol. The van der Waals surface area contributed by atoms with E-state index in [2.05, 4.69) is 10.6 Å². The number of hydrogen-bond acceptors (Lipinski definition) is 2. The molecule has 0 radical (unpaired) electrons. The molecular weight excluding hydrogens is 407 g/mol. The molecule has 3 rings (SSSR count). The molecule has 0 saturated carbocycles. The Labute approximate surface area is 171 Å². The molecule has 0 fully saturated rings. The molecule has 2 N–H and O–H groups in total. The van der Waals surface area contributed by atoms with Gasteiger partial charge in [-0.05, 0) is 48.5 Å². The number of carbonyl (C=O) groups is 2. The Kier molecular flexibility index (Phi) is 6.01. The minimum atomic E-state index is -0.417. The number of amides is 2. The predicted octanol–water partition coefficient (Wildman–Crippen LogP) is 6.15. The molecule has 0 spiro atoms. The van der Waals surface area contributed by atoms with Crippen molar-refractivity contribution in [2.75, 3.05) is 10.6 Å². The molecule has 0 heterocycles. The van der Waals surface area contributed by atoms with Crippen LogP contribution in [0.5, 0.6) is 0 Å². The SMILES string of the molecule is O=C(Nc1ccc(NC(=O)c2ccc(Cl)cc2Cl)c(Cl)c1)c1ccccc1. The normalized spacial score (nSPS) is 10.3. The summed E-state index contributed by atoms with van der Waals surface area (Å²) in [6.07, 6.45) is 0. The fourth-order valence-corrected chi connectivity index (χ4v) is 3.07. The number of hydrogen-bond donors (Lipinski definition) is 2. The zero-order valence-corrected chi connectivity index (χ0v) is 16.1. The zero-order chi connectivity index (χ0) is 19.4. The molecule has 0 aliphatic carbocycles. The molecule has 3 aromatic carbocycles. The molecule has 4 nitrogen and oxygen atoms in total. The van der Waals surface area contributed by atoms with Crippen molar-refractivity contribution >= 4 is 58.0 Å². The minimum absolute atomic E-state index is 0.239. The summed E-state index contributed by atoms with van der Waals surface area (Å²) in [6.45, 7) is 0. The summed E-state index contributed by atoms with van der Waals surface area (Å²) in [5.74, 6) is -0.670. The lowest BCUT2D eigenvalue weighted by atomic mass is 10.2. The fourth-order valence-electron chi connectivity index (χ4n) is 2.35. The van der Waals surface area contributed by atoms with Crippen molar-refractivity contribution in [2.45, 2.75) is 0 Å². The van der Waals surface area contributed by atoms with Crippen molar-refractivity contribution in [3.05, 3.63) is 92.9 Å². The summed E-state index contributed by atoms with van der Waals surface area (Å²) in [5, 5.41) is 6.40. The van der Waals surface area contributed by atoms with Gasteiger partial charge in [-0.2, -0.15) is 0 Å². The van der Waals surface area contributed by atoms with Gasteiger partial charge in [0.15, 0.2) is 0 Å². The molecule has 0 bridgehead atoms. The molecule has 0 aromatic heterocycles. The third-order valence-corrected chi connectivity index (χ3v) is 4.55. The number of benzene rings is 3. The van der Waals surface area contributed by atoms with Crippen LogP contribution in [0, 0.1) is 0 Å². The van der Waals surface area contributed by atoms with Crippen LogP contribution in [-0.4, -0.2) is 11.8 Å². The third kappa shape index (κ3) is 4.80. The molecular formula is C20H13Cl3N2O2. The van der Waals surface area contributed by atoms with Gasteiger partial charge in [0.1, 0.15) is 0 Å². The molecule has 0 aliphatic rings. The number of rotatable bonds is 4. The largest absolute Gasteiger partial charge is 0.322 e. The summed E-state index contributed by atoms with van der Waals surface area (Å²) in [4.78, 5) is 24.6. The highest BCUT2D eigenvalue weighted by Gasteiger charge is 2.13. The first kappa shape index (κ1) is 19.2. The predicted molar refractivity (Wildman–Crippen MR) is 110 cm³/mol. The van der Waals surface area contributed by atoms with E-state index in [4.69, 9.17) is 34.8 Å². The number of nitrogens with one attached hydrogen (secondary N) is 2. The molecule has 0 saturated heterocycles. The van der Waals surface area contributed by atoms with Gasteiger partial charge in [0.05, 0.1) is 21.3 Å². The summed E-state index contributed by atoms with van der Waals surface area (Å²) in [6, 6.07) is 18.2. The Morgan fingerprint density at radius 1 is 0.704 bits per heavy atom. The van der Waals surface area contributed by atoms with E-state index in [1.54, 1.807) is 48.5 Å². The van der Waals surface area contributed by atoms with Gasteiger partial charge in [-0.15, -0.1) is 0 Å². The highest BCUT2D eigenvalue weighted by Crippen LogP contribution is 2.28. The van der Waals surface area contributed by atoms with E-state index < -0.39 is 5.91 Å². The third-order valence-electron chi connectivity index (χ3n) is 3.69. The van der Waals surface area contributed by atoms with E-state index in [0.29, 0.717) is 22.0 Å². The lowest BCUT2D eigenvalue weighted by Crippen LogP contribution is -2.14. The lowest BCUT2D eigenvalue weighted by molar-refractivity contribution is 0.101. The first-order chi connectivity index (χ1) is 12.9. The van der Waals surface area contributed by atoms with Crippen LogP contribution in [0.25, 0.3) is 0 Å². The van der Waals surface area contributed by atoms with Crippen LogP contribution in [0.1, 0.15) is 20.7 Å². The minimum Gasteiger partial charge on any atom is -0.322 e.